The number of aliphatic hydroxyl groups excluding tert-OH is 1. The Labute approximate surface area is 133 Å². The van der Waals surface area contributed by atoms with Gasteiger partial charge >= 0.3 is 0 Å². The fourth-order valence-corrected chi connectivity index (χ4v) is 2.19. The van der Waals surface area contributed by atoms with E-state index in [1.54, 1.807) is 0 Å². The molecule has 0 spiro atoms. The highest BCUT2D eigenvalue weighted by molar-refractivity contribution is 5.48. The number of ether oxygens (including phenoxy) is 1. The van der Waals surface area contributed by atoms with Crippen molar-refractivity contribution in [1.82, 2.24) is 0 Å². The van der Waals surface area contributed by atoms with E-state index in [1.165, 1.54) is 0 Å². The molecule has 1 N–H and O–H groups in total. The molecule has 0 heterocycles. The summed E-state index contributed by atoms with van der Waals surface area (Å²) < 4.78 is 5.62. The smallest absolute Gasteiger partial charge is 0.0716 e. The zero-order chi connectivity index (χ0) is 15.6. The molecule has 0 amide bonds. The molecule has 0 fully saturated rings. The minimum atomic E-state index is -0.379. The van der Waals surface area contributed by atoms with E-state index in [1.807, 2.05) is 55.5 Å². The lowest BCUT2D eigenvalue weighted by molar-refractivity contribution is 0.0591. The Morgan fingerprint density at radius 2 is 1.64 bits per heavy atom. The summed E-state index contributed by atoms with van der Waals surface area (Å²) in [5, 5.41) is 10.2. The second-order valence-corrected chi connectivity index (χ2v) is 5.52. The van der Waals surface area contributed by atoms with Crippen molar-refractivity contribution in [3.05, 3.63) is 77.9 Å². The second-order valence-electron chi connectivity index (χ2n) is 5.52. The van der Waals surface area contributed by atoms with Gasteiger partial charge in [-0.2, -0.15) is 0 Å². The Morgan fingerprint density at radius 1 is 1.00 bits per heavy atom. The summed E-state index contributed by atoms with van der Waals surface area (Å²) in [6, 6.07) is 20.2. The molecule has 0 saturated carbocycles. The van der Waals surface area contributed by atoms with Gasteiger partial charge in [-0.25, -0.2) is 0 Å². The minimum Gasteiger partial charge on any atom is -0.392 e. The molecule has 116 valence electrons. The van der Waals surface area contributed by atoms with Crippen molar-refractivity contribution in [2.24, 2.45) is 5.92 Å². The molecule has 2 nitrogen and oxygen atoms in total. The zero-order valence-corrected chi connectivity index (χ0v) is 13.1. The fraction of sp³-hybridized carbons (Fsp3) is 0.300. The third-order valence-corrected chi connectivity index (χ3v) is 3.67. The normalized spacial score (nSPS) is 14.1. The number of hydrogen-bond donors (Lipinski definition) is 1. The standard InChI is InChI=1S/C20H24O2/c1-17(12-13-18-8-4-2-5-9-18)20(21)14-15-22-16-19-10-6-3-7-11-19/h2-13,17,20-21H,14-16H2,1H3/b13-12+/t17-,20+/m1/s1. The summed E-state index contributed by atoms with van der Waals surface area (Å²) in [6.45, 7) is 3.20. The van der Waals surface area contributed by atoms with Gasteiger partial charge in [0.25, 0.3) is 0 Å². The predicted octanol–water partition coefficient (Wildman–Crippen LogP) is 4.30. The molecular formula is C20H24O2. The SMILES string of the molecule is C[C@H](/C=C/c1ccccc1)[C@@H](O)CCOCc1ccccc1. The zero-order valence-electron chi connectivity index (χ0n) is 13.1. The molecule has 2 rings (SSSR count). The molecule has 2 aromatic rings. The van der Waals surface area contributed by atoms with Crippen LogP contribution in [0.2, 0.25) is 0 Å². The third-order valence-electron chi connectivity index (χ3n) is 3.67. The number of rotatable bonds is 8. The van der Waals surface area contributed by atoms with Crippen molar-refractivity contribution in [2.75, 3.05) is 6.61 Å². The van der Waals surface area contributed by atoms with E-state index >= 15 is 0 Å². The highest BCUT2D eigenvalue weighted by Crippen LogP contribution is 2.12. The first-order chi connectivity index (χ1) is 10.8. The van der Waals surface area contributed by atoms with Crippen LogP contribution in [-0.4, -0.2) is 17.8 Å². The predicted molar refractivity (Wildman–Crippen MR) is 91.4 cm³/mol. The molecule has 0 aromatic heterocycles. The Balaban J connectivity index is 1.68. The summed E-state index contributed by atoms with van der Waals surface area (Å²) in [5.41, 5.74) is 2.32. The van der Waals surface area contributed by atoms with Crippen LogP contribution in [0.1, 0.15) is 24.5 Å². The monoisotopic (exact) mass is 296 g/mol. The highest BCUT2D eigenvalue weighted by Gasteiger charge is 2.10. The van der Waals surface area contributed by atoms with E-state index in [2.05, 4.69) is 24.3 Å². The average Bonchev–Trinajstić information content (AvgIpc) is 2.58. The lowest BCUT2D eigenvalue weighted by Gasteiger charge is -2.15. The number of benzene rings is 2. The summed E-state index contributed by atoms with van der Waals surface area (Å²) in [6.07, 6.45) is 4.37. The molecule has 2 atom stereocenters. The summed E-state index contributed by atoms with van der Waals surface area (Å²) in [5.74, 6) is 0.112. The van der Waals surface area contributed by atoms with Gasteiger partial charge in [-0.05, 0) is 17.5 Å². The highest BCUT2D eigenvalue weighted by atomic mass is 16.5. The Bertz CT molecular complexity index is 548. The van der Waals surface area contributed by atoms with E-state index in [0.29, 0.717) is 19.6 Å². The van der Waals surface area contributed by atoms with E-state index in [4.69, 9.17) is 4.74 Å². The average molecular weight is 296 g/mol. The minimum absolute atomic E-state index is 0.112. The molecular weight excluding hydrogens is 272 g/mol. The van der Waals surface area contributed by atoms with E-state index in [9.17, 15) is 5.11 Å². The maximum atomic E-state index is 10.2. The maximum absolute atomic E-state index is 10.2. The second kappa shape index (κ2) is 9.19. The lowest BCUT2D eigenvalue weighted by atomic mass is 10.0. The number of hydrogen-bond acceptors (Lipinski definition) is 2. The quantitative estimate of drug-likeness (QED) is 0.736. The van der Waals surface area contributed by atoms with Gasteiger partial charge in [0.2, 0.25) is 0 Å². The summed E-state index contributed by atoms with van der Waals surface area (Å²) in [4.78, 5) is 0. The van der Waals surface area contributed by atoms with E-state index < -0.39 is 0 Å². The Hall–Kier alpha value is -1.90. The van der Waals surface area contributed by atoms with Gasteiger partial charge in [0.15, 0.2) is 0 Å². The van der Waals surface area contributed by atoms with Gasteiger partial charge in [0, 0.05) is 12.5 Å². The Kier molecular flexibility index (Phi) is 6.88. The first kappa shape index (κ1) is 16.5. The van der Waals surface area contributed by atoms with Crippen LogP contribution in [-0.2, 0) is 11.3 Å². The topological polar surface area (TPSA) is 29.5 Å². The van der Waals surface area contributed by atoms with Gasteiger partial charge in [0.1, 0.15) is 0 Å². The van der Waals surface area contributed by atoms with Gasteiger partial charge in [-0.3, -0.25) is 0 Å². The molecule has 0 aliphatic heterocycles. The third kappa shape index (κ3) is 5.84. The maximum Gasteiger partial charge on any atom is 0.0716 e. The van der Waals surface area contributed by atoms with Crippen LogP contribution in [0, 0.1) is 5.92 Å². The van der Waals surface area contributed by atoms with Crippen LogP contribution >= 0.6 is 0 Å². The molecule has 0 aliphatic rings. The van der Waals surface area contributed by atoms with Gasteiger partial charge in [-0.1, -0.05) is 79.7 Å². The van der Waals surface area contributed by atoms with Crippen LogP contribution < -0.4 is 0 Å². The summed E-state index contributed by atoms with van der Waals surface area (Å²) >= 11 is 0. The molecule has 0 radical (unpaired) electrons. The van der Waals surface area contributed by atoms with Crippen LogP contribution in [0.3, 0.4) is 0 Å². The van der Waals surface area contributed by atoms with Crippen molar-refractivity contribution in [1.29, 1.82) is 0 Å². The largest absolute Gasteiger partial charge is 0.392 e. The van der Waals surface area contributed by atoms with Crippen LogP contribution in [0.15, 0.2) is 66.7 Å². The van der Waals surface area contributed by atoms with Gasteiger partial charge in [-0.15, -0.1) is 0 Å². The Morgan fingerprint density at radius 3 is 2.32 bits per heavy atom. The number of aliphatic hydroxyl groups is 1. The molecule has 0 bridgehead atoms. The molecule has 22 heavy (non-hydrogen) atoms. The lowest BCUT2D eigenvalue weighted by Crippen LogP contribution is -2.18. The molecule has 0 unspecified atom stereocenters. The van der Waals surface area contributed by atoms with Crippen molar-refractivity contribution in [3.63, 3.8) is 0 Å². The first-order valence-corrected chi connectivity index (χ1v) is 7.78. The van der Waals surface area contributed by atoms with Crippen molar-refractivity contribution in [3.8, 4) is 0 Å². The van der Waals surface area contributed by atoms with E-state index in [0.717, 1.165) is 11.1 Å². The van der Waals surface area contributed by atoms with Crippen molar-refractivity contribution >= 4 is 6.08 Å². The van der Waals surface area contributed by atoms with Crippen molar-refractivity contribution in [2.45, 2.75) is 26.1 Å². The first-order valence-electron chi connectivity index (χ1n) is 7.78. The molecule has 0 saturated heterocycles. The molecule has 0 aliphatic carbocycles. The van der Waals surface area contributed by atoms with Gasteiger partial charge < -0.3 is 9.84 Å². The van der Waals surface area contributed by atoms with E-state index in [-0.39, 0.29) is 12.0 Å². The summed E-state index contributed by atoms with van der Waals surface area (Å²) in [7, 11) is 0. The van der Waals surface area contributed by atoms with Crippen LogP contribution in [0.25, 0.3) is 6.08 Å². The van der Waals surface area contributed by atoms with Gasteiger partial charge in [0.05, 0.1) is 12.7 Å². The fourth-order valence-electron chi connectivity index (χ4n) is 2.19. The van der Waals surface area contributed by atoms with Crippen LogP contribution in [0.4, 0.5) is 0 Å². The van der Waals surface area contributed by atoms with Crippen molar-refractivity contribution < 1.29 is 9.84 Å². The molecule has 2 aromatic carbocycles. The molecule has 2 heteroatoms. The van der Waals surface area contributed by atoms with Crippen LogP contribution in [0.5, 0.6) is 0 Å².